The summed E-state index contributed by atoms with van der Waals surface area (Å²) in [7, 11) is 1.68. The first kappa shape index (κ1) is 23.5. The van der Waals surface area contributed by atoms with Gasteiger partial charge in [0.25, 0.3) is 0 Å². The molecule has 1 amide bonds. The summed E-state index contributed by atoms with van der Waals surface area (Å²) < 4.78 is 5.97. The van der Waals surface area contributed by atoms with Crippen molar-refractivity contribution in [2.45, 2.75) is 39.3 Å². The third-order valence-corrected chi connectivity index (χ3v) is 5.24. The summed E-state index contributed by atoms with van der Waals surface area (Å²) in [5, 5.41) is 10.7. The van der Waals surface area contributed by atoms with Crippen LogP contribution in [0.5, 0.6) is 0 Å². The lowest BCUT2D eigenvalue weighted by atomic mass is 10.1. The summed E-state index contributed by atoms with van der Waals surface area (Å²) in [6.45, 7) is 7.75. The van der Waals surface area contributed by atoms with Crippen molar-refractivity contribution in [1.29, 1.82) is 0 Å². The van der Waals surface area contributed by atoms with Gasteiger partial charge in [0.15, 0.2) is 5.96 Å². The van der Waals surface area contributed by atoms with Gasteiger partial charge in [0.05, 0.1) is 6.54 Å². The number of halogens is 1. The molecule has 2 heterocycles. The molecule has 3 N–H and O–H groups in total. The first-order valence-corrected chi connectivity index (χ1v) is 10.1. The number of nitrogens with zero attached hydrogens (tertiary/aromatic N) is 2. The van der Waals surface area contributed by atoms with Crippen LogP contribution in [-0.2, 0) is 11.3 Å². The summed E-state index contributed by atoms with van der Waals surface area (Å²) >= 11 is 0. The molecule has 1 aliphatic heterocycles. The van der Waals surface area contributed by atoms with E-state index in [1.807, 2.05) is 18.2 Å². The first-order chi connectivity index (χ1) is 13.6. The van der Waals surface area contributed by atoms with Gasteiger partial charge in [-0.25, -0.2) is 4.99 Å². The van der Waals surface area contributed by atoms with E-state index in [1.165, 1.54) is 0 Å². The fourth-order valence-corrected chi connectivity index (χ4v) is 3.56. The Hall–Kier alpha value is -1.81. The number of nitrogens with one attached hydrogen (secondary N) is 3. The minimum absolute atomic E-state index is 0. The van der Waals surface area contributed by atoms with Crippen LogP contribution in [-0.4, -0.2) is 56.0 Å². The second-order valence-corrected chi connectivity index (χ2v) is 7.21. The number of hydrogen-bond acceptors (Lipinski definition) is 4. The number of aryl methyl sites for hydroxylation is 1. The Morgan fingerprint density at radius 3 is 2.66 bits per heavy atom. The van der Waals surface area contributed by atoms with E-state index in [9.17, 15) is 4.79 Å². The standard InChI is InChI=1S/C21H31N5O2.HI/c1-4-23-21(25-16-9-11-26(12-10-16)14-20(27)22-3)24-13-19-15(2)17-7-5-6-8-18(17)28-19;/h5-8,16H,4,9-14H2,1-3H3,(H,22,27)(H2,23,24,25);1H. The maximum Gasteiger partial charge on any atom is 0.233 e. The molecule has 29 heavy (non-hydrogen) atoms. The number of fused-ring (bicyclic) bond motifs is 1. The van der Waals surface area contributed by atoms with Gasteiger partial charge < -0.3 is 20.4 Å². The van der Waals surface area contributed by atoms with Crippen LogP contribution in [0, 0.1) is 6.92 Å². The van der Waals surface area contributed by atoms with Crippen molar-refractivity contribution < 1.29 is 9.21 Å². The highest BCUT2D eigenvalue weighted by molar-refractivity contribution is 14.0. The molecule has 1 aromatic carbocycles. The smallest absolute Gasteiger partial charge is 0.233 e. The minimum atomic E-state index is 0. The number of rotatable bonds is 6. The van der Waals surface area contributed by atoms with Gasteiger partial charge in [0, 0.05) is 43.7 Å². The van der Waals surface area contributed by atoms with Crippen LogP contribution in [0.4, 0.5) is 0 Å². The van der Waals surface area contributed by atoms with Gasteiger partial charge in [-0.1, -0.05) is 18.2 Å². The van der Waals surface area contributed by atoms with E-state index in [0.29, 0.717) is 19.1 Å². The Morgan fingerprint density at radius 1 is 1.28 bits per heavy atom. The quantitative estimate of drug-likeness (QED) is 0.315. The zero-order chi connectivity index (χ0) is 19.9. The highest BCUT2D eigenvalue weighted by atomic mass is 127. The van der Waals surface area contributed by atoms with Crippen LogP contribution < -0.4 is 16.0 Å². The van der Waals surface area contributed by atoms with Crippen LogP contribution in [0.1, 0.15) is 31.1 Å². The zero-order valence-electron chi connectivity index (χ0n) is 17.5. The highest BCUT2D eigenvalue weighted by Crippen LogP contribution is 2.25. The molecule has 0 atom stereocenters. The predicted octanol–water partition coefficient (Wildman–Crippen LogP) is 2.62. The summed E-state index contributed by atoms with van der Waals surface area (Å²) in [4.78, 5) is 18.5. The van der Waals surface area contributed by atoms with E-state index in [1.54, 1.807) is 7.05 Å². The molecule has 7 nitrogen and oxygen atoms in total. The fraction of sp³-hybridized carbons (Fsp3) is 0.524. The van der Waals surface area contributed by atoms with Crippen LogP contribution >= 0.6 is 24.0 Å². The molecule has 0 bridgehead atoms. The van der Waals surface area contributed by atoms with Crippen molar-refractivity contribution in [3.05, 3.63) is 35.6 Å². The largest absolute Gasteiger partial charge is 0.459 e. The molecule has 160 valence electrons. The van der Waals surface area contributed by atoms with Crippen LogP contribution in [0.2, 0.25) is 0 Å². The average Bonchev–Trinajstić information content (AvgIpc) is 3.03. The van der Waals surface area contributed by atoms with Gasteiger partial charge in [0.2, 0.25) is 5.91 Å². The molecule has 0 radical (unpaired) electrons. The molecule has 0 spiro atoms. The van der Waals surface area contributed by atoms with E-state index < -0.39 is 0 Å². The molecular formula is C21H32IN5O2. The molecule has 1 saturated heterocycles. The molecule has 1 fully saturated rings. The maximum absolute atomic E-state index is 11.5. The monoisotopic (exact) mass is 513 g/mol. The Morgan fingerprint density at radius 2 is 2.00 bits per heavy atom. The summed E-state index contributed by atoms with van der Waals surface area (Å²) in [5.41, 5.74) is 2.06. The molecule has 0 unspecified atom stereocenters. The van der Waals surface area contributed by atoms with Gasteiger partial charge in [-0.05, 0) is 32.8 Å². The first-order valence-electron chi connectivity index (χ1n) is 10.1. The molecule has 2 aromatic rings. The highest BCUT2D eigenvalue weighted by Gasteiger charge is 2.21. The SMILES string of the molecule is CCNC(=NCc1oc2ccccc2c1C)NC1CCN(CC(=O)NC)CC1.I. The van der Waals surface area contributed by atoms with Crippen molar-refractivity contribution in [3.8, 4) is 0 Å². The number of carbonyl (C=O) groups is 1. The third-order valence-electron chi connectivity index (χ3n) is 5.24. The van der Waals surface area contributed by atoms with E-state index >= 15 is 0 Å². The Bertz CT molecular complexity index is 828. The summed E-state index contributed by atoms with van der Waals surface area (Å²) in [6.07, 6.45) is 1.98. The molecule has 8 heteroatoms. The second-order valence-electron chi connectivity index (χ2n) is 7.21. The van der Waals surface area contributed by atoms with Crippen molar-refractivity contribution in [2.24, 2.45) is 4.99 Å². The zero-order valence-corrected chi connectivity index (χ0v) is 19.8. The normalized spacial score (nSPS) is 15.8. The number of hydrogen-bond donors (Lipinski definition) is 3. The van der Waals surface area contributed by atoms with Crippen molar-refractivity contribution >= 4 is 46.8 Å². The molecule has 1 aliphatic rings. The Balaban J connectivity index is 0.00000300. The lowest BCUT2D eigenvalue weighted by molar-refractivity contribution is -0.122. The lowest BCUT2D eigenvalue weighted by Crippen LogP contribution is -2.50. The summed E-state index contributed by atoms with van der Waals surface area (Å²) in [5.74, 6) is 1.79. The van der Waals surface area contributed by atoms with Crippen molar-refractivity contribution in [3.63, 3.8) is 0 Å². The van der Waals surface area contributed by atoms with Crippen LogP contribution in [0.25, 0.3) is 11.0 Å². The number of likely N-dealkylation sites (N-methyl/N-ethyl adjacent to an activating group) is 1. The fourth-order valence-electron chi connectivity index (χ4n) is 3.56. The van der Waals surface area contributed by atoms with Crippen molar-refractivity contribution in [1.82, 2.24) is 20.9 Å². The van der Waals surface area contributed by atoms with Gasteiger partial charge in [-0.15, -0.1) is 24.0 Å². The lowest BCUT2D eigenvalue weighted by Gasteiger charge is -2.32. The number of amides is 1. The number of piperidine rings is 1. The molecule has 1 aromatic heterocycles. The van der Waals surface area contributed by atoms with Crippen LogP contribution in [0.15, 0.2) is 33.7 Å². The number of furan rings is 1. The predicted molar refractivity (Wildman–Crippen MR) is 128 cm³/mol. The Kier molecular flexibility index (Phi) is 9.22. The minimum Gasteiger partial charge on any atom is -0.459 e. The van der Waals surface area contributed by atoms with Gasteiger partial charge in [-0.2, -0.15) is 0 Å². The summed E-state index contributed by atoms with van der Waals surface area (Å²) in [6, 6.07) is 8.44. The van der Waals surface area contributed by atoms with Crippen molar-refractivity contribution in [2.75, 3.05) is 33.2 Å². The number of likely N-dealkylation sites (tertiary alicyclic amines) is 1. The molecule has 0 saturated carbocycles. The van der Waals surface area contributed by atoms with E-state index in [4.69, 9.17) is 9.41 Å². The third kappa shape index (κ3) is 6.33. The molecular weight excluding hydrogens is 481 g/mol. The van der Waals surface area contributed by atoms with Crippen LogP contribution in [0.3, 0.4) is 0 Å². The number of guanidine groups is 1. The van der Waals surface area contributed by atoms with E-state index in [0.717, 1.165) is 60.7 Å². The van der Waals surface area contributed by atoms with E-state index in [-0.39, 0.29) is 29.9 Å². The molecule has 0 aliphatic carbocycles. The topological polar surface area (TPSA) is 81.9 Å². The average molecular weight is 513 g/mol. The Labute approximate surface area is 189 Å². The van der Waals surface area contributed by atoms with Gasteiger partial charge >= 0.3 is 0 Å². The molecule has 3 rings (SSSR count). The number of benzene rings is 1. The van der Waals surface area contributed by atoms with E-state index in [2.05, 4.69) is 40.8 Å². The number of aliphatic imine (C=N–C) groups is 1. The van der Waals surface area contributed by atoms with Gasteiger partial charge in [-0.3, -0.25) is 9.69 Å². The second kappa shape index (κ2) is 11.4. The maximum atomic E-state index is 11.5. The number of para-hydroxylation sites is 1. The van der Waals surface area contributed by atoms with Gasteiger partial charge in [0.1, 0.15) is 17.9 Å². The number of carbonyl (C=O) groups excluding carboxylic acids is 1.